The van der Waals surface area contributed by atoms with E-state index in [0.29, 0.717) is 17.2 Å². The van der Waals surface area contributed by atoms with E-state index in [-0.39, 0.29) is 11.8 Å². The summed E-state index contributed by atoms with van der Waals surface area (Å²) >= 11 is 0. The number of nitrogens with zero attached hydrogens (tertiary/aromatic N) is 1. The Labute approximate surface area is 142 Å². The van der Waals surface area contributed by atoms with Gasteiger partial charge in [0.2, 0.25) is 5.91 Å². The second-order valence-corrected chi connectivity index (χ2v) is 6.13. The predicted octanol–water partition coefficient (Wildman–Crippen LogP) is 3.66. The van der Waals surface area contributed by atoms with Gasteiger partial charge < -0.3 is 5.32 Å². The Hall–Kier alpha value is -2.69. The number of nitrogens with one attached hydrogen (secondary N) is 2. The molecule has 1 aliphatic rings. The van der Waals surface area contributed by atoms with Crippen LogP contribution in [0, 0.1) is 5.92 Å². The fraction of sp³-hybridized carbons (Fsp3) is 0.316. The normalized spacial score (nSPS) is 18.7. The number of carbonyl (C=O) groups is 2. The van der Waals surface area contributed by atoms with Crippen LogP contribution >= 0.6 is 0 Å². The quantitative estimate of drug-likeness (QED) is 0.655. The lowest BCUT2D eigenvalue weighted by molar-refractivity contribution is -0.114. The molecule has 5 heteroatoms. The molecular formula is C19H23N3O2. The molecule has 0 unspecified atom stereocenters. The Morgan fingerprint density at radius 2 is 1.88 bits per heavy atom. The average Bonchev–Trinajstić information content (AvgIpc) is 2.53. The first-order valence-electron chi connectivity index (χ1n) is 7.94. The predicted molar refractivity (Wildman–Crippen MR) is 96.9 cm³/mol. The van der Waals surface area contributed by atoms with Gasteiger partial charge in [0.25, 0.3) is 5.91 Å². The minimum absolute atomic E-state index is 0.148. The number of benzene rings is 1. The number of allylic oxidation sites excluding steroid dienone is 3. The highest BCUT2D eigenvalue weighted by Gasteiger charge is 2.18. The van der Waals surface area contributed by atoms with E-state index < -0.39 is 0 Å². The summed E-state index contributed by atoms with van der Waals surface area (Å²) in [5.41, 5.74) is 6.86. The number of anilines is 1. The highest BCUT2D eigenvalue weighted by atomic mass is 16.2. The maximum absolute atomic E-state index is 12.2. The molecule has 1 atom stereocenters. The lowest BCUT2D eigenvalue weighted by Crippen LogP contribution is -2.23. The van der Waals surface area contributed by atoms with E-state index in [9.17, 15) is 9.59 Å². The van der Waals surface area contributed by atoms with Crippen molar-refractivity contribution in [3.63, 3.8) is 0 Å². The molecule has 126 valence electrons. The molecule has 24 heavy (non-hydrogen) atoms. The van der Waals surface area contributed by atoms with E-state index in [1.54, 1.807) is 24.3 Å². The molecule has 0 saturated carbocycles. The van der Waals surface area contributed by atoms with Crippen LogP contribution in [0.25, 0.3) is 0 Å². The van der Waals surface area contributed by atoms with Crippen molar-refractivity contribution in [2.75, 3.05) is 5.32 Å². The van der Waals surface area contributed by atoms with Crippen molar-refractivity contribution in [2.45, 2.75) is 33.6 Å². The summed E-state index contributed by atoms with van der Waals surface area (Å²) in [4.78, 5) is 23.2. The van der Waals surface area contributed by atoms with Gasteiger partial charge >= 0.3 is 0 Å². The lowest BCUT2D eigenvalue weighted by atomic mass is 9.85. The van der Waals surface area contributed by atoms with E-state index in [4.69, 9.17) is 0 Å². The molecule has 2 rings (SSSR count). The molecule has 2 amide bonds. The van der Waals surface area contributed by atoms with Crippen molar-refractivity contribution in [1.29, 1.82) is 0 Å². The van der Waals surface area contributed by atoms with Gasteiger partial charge in [0, 0.05) is 18.2 Å². The lowest BCUT2D eigenvalue weighted by Gasteiger charge is -2.22. The fourth-order valence-electron chi connectivity index (χ4n) is 2.51. The Bertz CT molecular complexity index is 715. The molecule has 1 aromatic rings. The van der Waals surface area contributed by atoms with Crippen molar-refractivity contribution in [3.05, 3.63) is 53.6 Å². The Morgan fingerprint density at radius 1 is 1.21 bits per heavy atom. The highest BCUT2D eigenvalue weighted by molar-refractivity contribution is 6.02. The van der Waals surface area contributed by atoms with Gasteiger partial charge in [-0.15, -0.1) is 0 Å². The largest absolute Gasteiger partial charge is 0.326 e. The fourth-order valence-corrected chi connectivity index (χ4v) is 2.51. The Morgan fingerprint density at radius 3 is 2.46 bits per heavy atom. The molecule has 5 nitrogen and oxygen atoms in total. The molecule has 0 bridgehead atoms. The maximum Gasteiger partial charge on any atom is 0.271 e. The molecule has 0 radical (unpaired) electrons. The van der Waals surface area contributed by atoms with Crippen LogP contribution in [0.4, 0.5) is 5.69 Å². The van der Waals surface area contributed by atoms with Gasteiger partial charge in [0.1, 0.15) is 0 Å². The maximum atomic E-state index is 12.2. The summed E-state index contributed by atoms with van der Waals surface area (Å²) < 4.78 is 0. The summed E-state index contributed by atoms with van der Waals surface area (Å²) in [6.45, 7) is 9.47. The zero-order valence-electron chi connectivity index (χ0n) is 14.3. The third-order valence-electron chi connectivity index (χ3n) is 4.06. The van der Waals surface area contributed by atoms with Crippen molar-refractivity contribution in [2.24, 2.45) is 11.0 Å². The molecule has 1 aromatic carbocycles. The van der Waals surface area contributed by atoms with Gasteiger partial charge in [-0.05, 0) is 62.4 Å². The smallest absolute Gasteiger partial charge is 0.271 e. The molecule has 0 aliphatic heterocycles. The van der Waals surface area contributed by atoms with E-state index in [0.717, 1.165) is 29.7 Å². The van der Waals surface area contributed by atoms with Crippen LogP contribution in [0.15, 0.2) is 53.2 Å². The third kappa shape index (κ3) is 4.65. The summed E-state index contributed by atoms with van der Waals surface area (Å²) in [6, 6.07) is 6.68. The first-order valence-corrected chi connectivity index (χ1v) is 7.94. The van der Waals surface area contributed by atoms with Crippen LogP contribution in [-0.2, 0) is 4.79 Å². The summed E-state index contributed by atoms with van der Waals surface area (Å²) in [7, 11) is 0. The van der Waals surface area contributed by atoms with Crippen molar-refractivity contribution >= 4 is 23.2 Å². The van der Waals surface area contributed by atoms with E-state index in [2.05, 4.69) is 28.5 Å². The van der Waals surface area contributed by atoms with E-state index in [1.807, 2.05) is 13.8 Å². The number of hydrogen-bond acceptors (Lipinski definition) is 3. The van der Waals surface area contributed by atoms with Crippen molar-refractivity contribution < 1.29 is 9.59 Å². The number of hydrogen-bond donors (Lipinski definition) is 2. The second-order valence-electron chi connectivity index (χ2n) is 6.13. The zero-order valence-corrected chi connectivity index (χ0v) is 14.3. The summed E-state index contributed by atoms with van der Waals surface area (Å²) in [5.74, 6) is -0.0476. The summed E-state index contributed by atoms with van der Waals surface area (Å²) in [5, 5.41) is 6.94. The third-order valence-corrected chi connectivity index (χ3v) is 4.06. The molecule has 0 heterocycles. The van der Waals surface area contributed by atoms with Crippen LogP contribution in [0.2, 0.25) is 0 Å². The van der Waals surface area contributed by atoms with Gasteiger partial charge in [-0.3, -0.25) is 9.59 Å². The average molecular weight is 325 g/mol. The molecule has 0 fully saturated rings. The van der Waals surface area contributed by atoms with Crippen LogP contribution < -0.4 is 10.7 Å². The van der Waals surface area contributed by atoms with Crippen LogP contribution in [-0.4, -0.2) is 17.5 Å². The topological polar surface area (TPSA) is 70.6 Å². The minimum Gasteiger partial charge on any atom is -0.326 e. The highest BCUT2D eigenvalue weighted by Crippen LogP contribution is 2.26. The number of carbonyl (C=O) groups excluding carboxylic acids is 2. The second kappa shape index (κ2) is 7.73. The van der Waals surface area contributed by atoms with Crippen molar-refractivity contribution in [3.8, 4) is 0 Å². The van der Waals surface area contributed by atoms with Crippen LogP contribution in [0.3, 0.4) is 0 Å². The molecular weight excluding hydrogens is 302 g/mol. The van der Waals surface area contributed by atoms with E-state index >= 15 is 0 Å². The Balaban J connectivity index is 2.03. The first kappa shape index (κ1) is 17.7. The number of hydrazone groups is 1. The van der Waals surface area contributed by atoms with Gasteiger partial charge in [-0.2, -0.15) is 5.10 Å². The van der Waals surface area contributed by atoms with Crippen LogP contribution in [0.1, 0.15) is 44.0 Å². The van der Waals surface area contributed by atoms with Gasteiger partial charge in [-0.25, -0.2) is 5.43 Å². The zero-order chi connectivity index (χ0) is 17.7. The van der Waals surface area contributed by atoms with Crippen LogP contribution in [0.5, 0.6) is 0 Å². The SMILES string of the molecule is C=C(C)[C@@H]1CC=C(C)/C(=N/NC(=O)c2ccc(NC(C)=O)cc2)C1. The molecule has 2 N–H and O–H groups in total. The molecule has 0 aromatic heterocycles. The standard InChI is InChI=1S/C19H23N3O2/c1-12(2)16-6-5-13(3)18(11-16)21-22-19(24)15-7-9-17(10-8-15)20-14(4)23/h5,7-10,16H,1,6,11H2,2-4H3,(H,20,23)(H,22,24)/b21-18+/t16-/m1/s1. The number of rotatable bonds is 4. The van der Waals surface area contributed by atoms with Gasteiger partial charge in [0.05, 0.1) is 5.71 Å². The minimum atomic E-state index is -0.276. The molecule has 0 saturated heterocycles. The Kier molecular flexibility index (Phi) is 5.68. The monoisotopic (exact) mass is 325 g/mol. The number of amides is 2. The molecule has 1 aliphatic carbocycles. The summed E-state index contributed by atoms with van der Waals surface area (Å²) in [6.07, 6.45) is 3.90. The first-order chi connectivity index (χ1) is 11.4. The van der Waals surface area contributed by atoms with Crippen molar-refractivity contribution in [1.82, 2.24) is 5.43 Å². The van der Waals surface area contributed by atoms with Gasteiger partial charge in [0.15, 0.2) is 0 Å². The molecule has 0 spiro atoms. The van der Waals surface area contributed by atoms with E-state index in [1.165, 1.54) is 6.92 Å². The van der Waals surface area contributed by atoms with Gasteiger partial charge in [-0.1, -0.05) is 18.2 Å².